The number of rotatable bonds is 10. The molecule has 1 aliphatic rings. The molecule has 7 nitrogen and oxygen atoms in total. The Balaban J connectivity index is 2.50. The van der Waals surface area contributed by atoms with Crippen molar-refractivity contribution >= 4 is 46.3 Å². The van der Waals surface area contributed by atoms with Gasteiger partial charge in [-0.1, -0.05) is 11.6 Å². The fourth-order valence-electron chi connectivity index (χ4n) is 3.31. The first-order valence-corrected chi connectivity index (χ1v) is 11.6. The molecule has 1 heterocycles. The molecule has 0 spiro atoms. The predicted molar refractivity (Wildman–Crippen MR) is 124 cm³/mol. The van der Waals surface area contributed by atoms with Crippen molar-refractivity contribution in [3.63, 3.8) is 0 Å². The van der Waals surface area contributed by atoms with Crippen LogP contribution in [0.4, 0.5) is 35.1 Å². The second kappa shape index (κ2) is 10.9. The molecule has 1 aromatic heterocycles. The molecule has 1 amide bonds. The molecule has 0 saturated heterocycles. The number of nitriles is 1. The minimum atomic E-state index is -6.47. The first-order valence-electron chi connectivity index (χ1n) is 10.4. The van der Waals surface area contributed by atoms with Crippen molar-refractivity contribution in [1.82, 2.24) is 15.5 Å². The number of nitrogens with one attached hydrogen (secondary N) is 4. The number of nitrogens with zero attached hydrogens (tertiary/aromatic N) is 2. The zero-order valence-corrected chi connectivity index (χ0v) is 21.0. The van der Waals surface area contributed by atoms with Gasteiger partial charge in [0.2, 0.25) is 0 Å². The van der Waals surface area contributed by atoms with Crippen LogP contribution in [0.2, 0.25) is 4.34 Å². The van der Waals surface area contributed by atoms with E-state index >= 15 is 0 Å². The van der Waals surface area contributed by atoms with Crippen molar-refractivity contribution in [1.29, 1.82) is 16.1 Å². The van der Waals surface area contributed by atoms with Crippen LogP contribution < -0.4 is 10.6 Å². The summed E-state index contributed by atoms with van der Waals surface area (Å²) in [6, 6.07) is 3.27. The first kappa shape index (κ1) is 31.0. The Bertz CT molecular complexity index is 1220. The summed E-state index contributed by atoms with van der Waals surface area (Å²) in [5.41, 5.74) is -6.94. The molecule has 208 valence electrons. The number of alkyl halides is 8. The van der Waals surface area contributed by atoms with Gasteiger partial charge >= 0.3 is 18.3 Å². The predicted octanol–water partition coefficient (Wildman–Crippen LogP) is 5.71. The quantitative estimate of drug-likeness (QED) is 0.206. The van der Waals surface area contributed by atoms with Crippen LogP contribution in [0, 0.1) is 22.1 Å². The van der Waals surface area contributed by atoms with Gasteiger partial charge in [-0.15, -0.1) is 11.3 Å². The Morgan fingerprint density at radius 3 is 2.24 bits per heavy atom. The molecule has 0 atom stereocenters. The van der Waals surface area contributed by atoms with Crippen LogP contribution in [0.1, 0.15) is 35.0 Å². The maximum atomic E-state index is 13.6. The molecule has 1 aromatic rings. The molecule has 4 N–H and O–H groups in total. The van der Waals surface area contributed by atoms with E-state index in [1.54, 1.807) is 12.2 Å². The van der Waals surface area contributed by atoms with Crippen LogP contribution >= 0.6 is 22.9 Å². The maximum Gasteiger partial charge on any atom is 0.459 e. The van der Waals surface area contributed by atoms with E-state index in [1.807, 2.05) is 5.32 Å². The largest absolute Gasteiger partial charge is 0.459 e. The summed E-state index contributed by atoms with van der Waals surface area (Å²) in [6.07, 6.45) is -10.1. The number of thiophene rings is 1. The van der Waals surface area contributed by atoms with E-state index < -0.39 is 46.8 Å². The van der Waals surface area contributed by atoms with Gasteiger partial charge in [0, 0.05) is 36.5 Å². The van der Waals surface area contributed by atoms with Gasteiger partial charge < -0.3 is 20.9 Å². The number of amides is 1. The first-order chi connectivity index (χ1) is 17.4. The van der Waals surface area contributed by atoms with E-state index in [2.05, 4.69) is 6.07 Å². The van der Waals surface area contributed by atoms with Gasteiger partial charge in [-0.25, -0.2) is 0 Å². The number of carbonyl (C=O) groups is 1. The Morgan fingerprint density at radius 2 is 1.84 bits per heavy atom. The number of carbonyl (C=O) groups excluding carboxylic acids is 1. The van der Waals surface area contributed by atoms with Gasteiger partial charge in [0.15, 0.2) is 0 Å². The zero-order valence-electron chi connectivity index (χ0n) is 19.5. The molecule has 0 radical (unpaired) electrons. The summed E-state index contributed by atoms with van der Waals surface area (Å²) >= 11 is 6.90. The average molecular weight is 591 g/mol. The molecule has 1 fully saturated rings. The number of hydrogen-bond donors (Lipinski definition) is 4. The Morgan fingerprint density at radius 1 is 1.26 bits per heavy atom. The van der Waals surface area contributed by atoms with Crippen molar-refractivity contribution in [2.45, 2.75) is 43.6 Å². The summed E-state index contributed by atoms with van der Waals surface area (Å²) in [4.78, 5) is 14.4. The molecule has 2 rings (SSSR count). The SMILES string of the molecule is CCN(C(=O)c1cc(/C(C=N)=C/N/C(NC)=C(/C(=N)C(F)(F)C(F)(F)F)C(F)(F)F)sc1Cl)C1(C#N)CC1. The molecular formula is C21H19ClF8N6OS. The summed E-state index contributed by atoms with van der Waals surface area (Å²) in [6.45, 7) is 1.82. The summed E-state index contributed by atoms with van der Waals surface area (Å²) in [5, 5.41) is 27.7. The molecule has 38 heavy (non-hydrogen) atoms. The van der Waals surface area contributed by atoms with E-state index in [9.17, 15) is 45.2 Å². The summed E-state index contributed by atoms with van der Waals surface area (Å²) in [5.74, 6) is -8.15. The normalized spacial score (nSPS) is 16.2. The van der Waals surface area contributed by atoms with E-state index in [0.29, 0.717) is 25.3 Å². The Labute approximate surface area is 219 Å². The van der Waals surface area contributed by atoms with Crippen LogP contribution in [0.3, 0.4) is 0 Å². The van der Waals surface area contributed by atoms with Crippen LogP contribution in [-0.4, -0.2) is 60.1 Å². The van der Waals surface area contributed by atoms with Crippen LogP contribution in [0.25, 0.3) is 5.57 Å². The molecule has 0 aromatic carbocycles. The highest BCUT2D eigenvalue weighted by Gasteiger charge is 2.64. The molecule has 0 bridgehead atoms. The highest BCUT2D eigenvalue weighted by Crippen LogP contribution is 2.44. The molecule has 0 unspecified atom stereocenters. The molecule has 1 aliphatic carbocycles. The highest BCUT2D eigenvalue weighted by molar-refractivity contribution is 7.17. The topological polar surface area (TPSA) is 116 Å². The van der Waals surface area contributed by atoms with Crippen molar-refractivity contribution in [3.8, 4) is 6.07 Å². The van der Waals surface area contributed by atoms with Crippen molar-refractivity contribution < 1.29 is 39.9 Å². The van der Waals surface area contributed by atoms with Crippen molar-refractivity contribution in [2.24, 2.45) is 0 Å². The van der Waals surface area contributed by atoms with Crippen molar-refractivity contribution in [2.75, 3.05) is 13.6 Å². The summed E-state index contributed by atoms with van der Waals surface area (Å²) in [7, 11) is 0.784. The van der Waals surface area contributed by atoms with Crippen LogP contribution in [0.5, 0.6) is 0 Å². The lowest BCUT2D eigenvalue weighted by molar-refractivity contribution is -0.250. The van der Waals surface area contributed by atoms with E-state index in [1.165, 1.54) is 11.0 Å². The molecule has 1 saturated carbocycles. The van der Waals surface area contributed by atoms with Gasteiger partial charge in [-0.3, -0.25) is 10.2 Å². The van der Waals surface area contributed by atoms with Crippen molar-refractivity contribution in [3.05, 3.63) is 38.4 Å². The van der Waals surface area contributed by atoms with E-state index in [-0.39, 0.29) is 26.9 Å². The third-order valence-corrected chi connectivity index (χ3v) is 6.85. The molecule has 0 aliphatic heterocycles. The number of halogens is 9. The van der Waals surface area contributed by atoms with E-state index in [0.717, 1.165) is 18.4 Å². The van der Waals surface area contributed by atoms with Crippen LogP contribution in [-0.2, 0) is 0 Å². The smallest absolute Gasteiger partial charge is 0.374 e. The minimum Gasteiger partial charge on any atom is -0.374 e. The van der Waals surface area contributed by atoms with Gasteiger partial charge in [-0.2, -0.15) is 40.4 Å². The lowest BCUT2D eigenvalue weighted by Gasteiger charge is -2.25. The second-order valence-corrected chi connectivity index (χ2v) is 9.48. The molecule has 17 heteroatoms. The van der Waals surface area contributed by atoms with Gasteiger partial charge in [0.1, 0.15) is 27.0 Å². The monoisotopic (exact) mass is 590 g/mol. The maximum absolute atomic E-state index is 13.6. The Hall–Kier alpha value is -3.19. The lowest BCUT2D eigenvalue weighted by Crippen LogP contribution is -2.48. The lowest BCUT2D eigenvalue weighted by atomic mass is 10.0. The Kier molecular flexibility index (Phi) is 8.89. The van der Waals surface area contributed by atoms with Gasteiger partial charge in [-0.05, 0) is 25.8 Å². The van der Waals surface area contributed by atoms with Gasteiger partial charge in [0.05, 0.1) is 11.6 Å². The number of allylic oxidation sites excluding steroid dienone is 2. The third-order valence-electron chi connectivity index (χ3n) is 5.44. The summed E-state index contributed by atoms with van der Waals surface area (Å²) < 4.78 is 106. The average Bonchev–Trinajstić information content (AvgIpc) is 3.51. The van der Waals surface area contributed by atoms with Crippen LogP contribution in [0.15, 0.2) is 23.7 Å². The fourth-order valence-corrected chi connectivity index (χ4v) is 4.56. The number of hydrogen-bond acceptors (Lipinski definition) is 7. The standard InChI is InChI=1S/C21H19ClF8N6OS/c1-3-36(18(9-32)4-5-18)17(37)11-6-12(38-15(11)22)10(7-31)8-35-16(34-2)13(20(25,26)27)14(33)19(23,24)21(28,29)30/h6-8,31,33-35H,3-5H2,1-2H3/b10-8+,16-13-,31-7?,33-14?. The zero-order chi connectivity index (χ0) is 29.3. The molecular weight excluding hydrogens is 572 g/mol. The minimum absolute atomic E-state index is 0.0541. The fraction of sp³-hybridized carbons (Fsp3) is 0.429. The highest BCUT2D eigenvalue weighted by atomic mass is 35.5. The van der Waals surface area contributed by atoms with E-state index in [4.69, 9.17) is 22.4 Å². The second-order valence-electron chi connectivity index (χ2n) is 7.82. The third kappa shape index (κ3) is 5.93. The van der Waals surface area contributed by atoms with Gasteiger partial charge in [0.25, 0.3) is 5.91 Å².